The first-order valence-electron chi connectivity index (χ1n) is 24.0. The number of phosphoric acid groups is 1. The van der Waals surface area contributed by atoms with Gasteiger partial charge in [0.1, 0.15) is 24.3 Å². The zero-order valence-electron chi connectivity index (χ0n) is 39.1. The van der Waals surface area contributed by atoms with Gasteiger partial charge in [0.2, 0.25) is 5.28 Å². The van der Waals surface area contributed by atoms with Crippen LogP contribution in [0.4, 0.5) is 10.2 Å². The second-order valence-corrected chi connectivity index (χ2v) is 18.8. The van der Waals surface area contributed by atoms with Crippen molar-refractivity contribution in [1.29, 1.82) is 0 Å². The first kappa shape index (κ1) is 58.7. The van der Waals surface area contributed by atoms with Crippen LogP contribution >= 0.6 is 19.4 Å². The molecule has 64 heavy (non-hydrogen) atoms. The van der Waals surface area contributed by atoms with Crippen molar-refractivity contribution in [3.05, 3.63) is 11.6 Å². The molecule has 2 aromatic heterocycles. The van der Waals surface area contributed by atoms with Gasteiger partial charge in [-0.05, 0) is 24.4 Å². The molecule has 19 heteroatoms. The van der Waals surface area contributed by atoms with Gasteiger partial charge in [0.15, 0.2) is 30.0 Å². The Kier molecular flexibility index (Phi) is 31.9. The van der Waals surface area contributed by atoms with E-state index in [0.29, 0.717) is 12.8 Å². The Morgan fingerprint density at radius 1 is 0.797 bits per heavy atom. The van der Waals surface area contributed by atoms with Gasteiger partial charge in [-0.25, -0.2) is 9.37 Å². The molecule has 2 aromatic rings. The van der Waals surface area contributed by atoms with Crippen molar-refractivity contribution < 1.29 is 81.4 Å². The fourth-order valence-electron chi connectivity index (χ4n) is 7.73. The molecule has 0 spiro atoms. The predicted octanol–water partition coefficient (Wildman–Crippen LogP) is 7.58. The van der Waals surface area contributed by atoms with Crippen molar-refractivity contribution in [2.75, 3.05) is 25.6 Å². The van der Waals surface area contributed by atoms with Crippen molar-refractivity contribution in [3.8, 4) is 0 Å². The SMILES string of the molecule is CCCCCCCCCCCCCCCC(=O)OC[C@@H](COP(=O)([O-])OC[C@H]1O[C@@H](n2cnc3c(N)nc(Cl)nc32)[C@@H](F)[C@@H]1O)OC(=O)CCCCCCCCCCCCCCC.[Na+]. The van der Waals surface area contributed by atoms with Gasteiger partial charge in [-0.2, -0.15) is 9.97 Å². The first-order valence-corrected chi connectivity index (χ1v) is 25.9. The number of rotatable bonds is 38. The Bertz CT molecular complexity index is 1620. The van der Waals surface area contributed by atoms with Crippen LogP contribution in [0.2, 0.25) is 5.28 Å². The molecule has 15 nitrogen and oxygen atoms in total. The number of halogens is 2. The second kappa shape index (κ2) is 34.8. The quantitative estimate of drug-likeness (QED) is 0.0219. The van der Waals surface area contributed by atoms with Crippen LogP contribution in [0.5, 0.6) is 0 Å². The molecule has 362 valence electrons. The summed E-state index contributed by atoms with van der Waals surface area (Å²) in [4.78, 5) is 50.2. The Morgan fingerprint density at radius 3 is 1.77 bits per heavy atom. The third kappa shape index (κ3) is 24.0. The number of nitrogens with zero attached hydrogens (tertiary/aromatic N) is 4. The van der Waals surface area contributed by atoms with Crippen LogP contribution < -0.4 is 40.2 Å². The summed E-state index contributed by atoms with van der Waals surface area (Å²) >= 11 is 5.92. The number of aliphatic hydroxyl groups is 1. The van der Waals surface area contributed by atoms with E-state index in [-0.39, 0.29) is 64.7 Å². The monoisotopic (exact) mass is 955 g/mol. The molecule has 1 saturated heterocycles. The number of aliphatic hydroxyl groups excluding tert-OH is 1. The molecule has 3 rings (SSSR count). The molecule has 1 unspecified atom stereocenters. The van der Waals surface area contributed by atoms with Gasteiger partial charge < -0.3 is 39.0 Å². The average Bonchev–Trinajstić information content (AvgIpc) is 3.80. The molecule has 1 aliphatic rings. The minimum absolute atomic E-state index is 0. The van der Waals surface area contributed by atoms with Gasteiger partial charge in [-0.1, -0.05) is 168 Å². The van der Waals surface area contributed by atoms with Crippen LogP contribution in [0.15, 0.2) is 6.33 Å². The van der Waals surface area contributed by atoms with Crippen LogP contribution in [0.25, 0.3) is 11.2 Å². The summed E-state index contributed by atoms with van der Waals surface area (Å²) < 4.78 is 55.9. The van der Waals surface area contributed by atoms with E-state index in [9.17, 15) is 24.2 Å². The molecule has 0 amide bonds. The molecule has 0 saturated carbocycles. The third-order valence-corrected chi connectivity index (χ3v) is 12.6. The van der Waals surface area contributed by atoms with Gasteiger partial charge in [-0.3, -0.25) is 18.7 Å². The number of carbonyl (C=O) groups excluding carboxylic acids is 2. The van der Waals surface area contributed by atoms with Crippen molar-refractivity contribution in [2.45, 2.75) is 224 Å². The Morgan fingerprint density at radius 2 is 1.27 bits per heavy atom. The molecular formula is C45H77ClFN5NaO10P. The van der Waals surface area contributed by atoms with E-state index in [2.05, 4.69) is 28.8 Å². The summed E-state index contributed by atoms with van der Waals surface area (Å²) in [5.74, 6) is -1.10. The number of imidazole rings is 1. The number of fused-ring (bicyclic) bond motifs is 1. The van der Waals surface area contributed by atoms with Gasteiger partial charge >= 0.3 is 41.5 Å². The largest absolute Gasteiger partial charge is 1.00 e. The summed E-state index contributed by atoms with van der Waals surface area (Å²) in [7, 11) is -5.13. The molecular weight excluding hydrogens is 879 g/mol. The number of hydrogen-bond donors (Lipinski definition) is 2. The number of anilines is 1. The number of nitrogen functional groups attached to an aromatic ring is 1. The van der Waals surface area contributed by atoms with Crippen LogP contribution in [0, 0.1) is 0 Å². The van der Waals surface area contributed by atoms with Crippen LogP contribution in [-0.4, -0.2) is 80.9 Å². The first-order chi connectivity index (χ1) is 30.5. The minimum Gasteiger partial charge on any atom is -0.756 e. The molecule has 1 aliphatic heterocycles. The van der Waals surface area contributed by atoms with E-state index < -0.39 is 70.3 Å². The van der Waals surface area contributed by atoms with Gasteiger partial charge in [0.05, 0.1) is 19.5 Å². The van der Waals surface area contributed by atoms with E-state index >= 15 is 4.39 Å². The molecule has 3 heterocycles. The summed E-state index contributed by atoms with van der Waals surface area (Å²) in [6.07, 6.45) is 23.8. The topological polar surface area (TPSA) is 210 Å². The fraction of sp³-hybridized carbons (Fsp3) is 0.844. The van der Waals surface area contributed by atoms with Gasteiger partial charge in [0.25, 0.3) is 7.82 Å². The number of phosphoric ester groups is 1. The second-order valence-electron chi connectivity index (χ2n) is 17.0. The molecule has 0 bridgehead atoms. The van der Waals surface area contributed by atoms with Crippen molar-refractivity contribution >= 4 is 48.3 Å². The van der Waals surface area contributed by atoms with E-state index in [1.54, 1.807) is 0 Å². The van der Waals surface area contributed by atoms with Crippen molar-refractivity contribution in [1.82, 2.24) is 19.5 Å². The maximum absolute atomic E-state index is 15.3. The normalized spacial score (nSPS) is 18.8. The van der Waals surface area contributed by atoms with E-state index in [0.717, 1.165) is 43.1 Å². The summed E-state index contributed by atoms with van der Waals surface area (Å²) in [6.45, 7) is 2.55. The number of carbonyl (C=O) groups is 2. The number of ether oxygens (including phenoxy) is 3. The van der Waals surface area contributed by atoms with E-state index in [1.807, 2.05) is 0 Å². The number of alkyl halides is 1. The maximum atomic E-state index is 15.3. The molecule has 0 aliphatic carbocycles. The molecule has 0 aromatic carbocycles. The van der Waals surface area contributed by atoms with Crippen LogP contribution in [-0.2, 0) is 37.4 Å². The number of nitrogens with two attached hydrogens (primary N) is 1. The van der Waals surface area contributed by atoms with E-state index in [1.165, 1.54) is 122 Å². The standard InChI is InChI=1S/C45H78ClFN5O10P.Na/c1-3-5-7-9-11-13-15-17-19-21-23-25-27-29-37(53)58-31-35(61-38(54)30-28-26-24-22-20-18-16-14-12-10-8-6-4-2)32-59-63(56,57)60-33-36-41(55)39(47)44(62-36)52-34-49-40-42(48)50-45(46)51-43(40)52;/h34-36,39,41,44,55H,3-33H2,1-2H3,(H,56,57)(H2,48,50,51);/q;+1/p-1/t35-,36+,39-,41+,44+;/m0./s1. The number of hydrogen-bond acceptors (Lipinski definition) is 14. The summed E-state index contributed by atoms with van der Waals surface area (Å²) in [5, 5.41) is 10.4. The predicted molar refractivity (Wildman–Crippen MR) is 241 cm³/mol. The summed E-state index contributed by atoms with van der Waals surface area (Å²) in [6, 6.07) is 0. The van der Waals surface area contributed by atoms with Gasteiger partial charge in [-0.15, -0.1) is 0 Å². The average molecular weight is 957 g/mol. The Balaban J connectivity index is 0.0000141. The Hall–Kier alpha value is -1.46. The number of esters is 2. The molecule has 3 N–H and O–H groups in total. The maximum Gasteiger partial charge on any atom is 1.00 e. The number of unbranched alkanes of at least 4 members (excludes halogenated alkanes) is 24. The van der Waals surface area contributed by atoms with E-state index in [4.69, 9.17) is 40.6 Å². The number of aromatic nitrogens is 4. The molecule has 0 radical (unpaired) electrons. The third-order valence-electron chi connectivity index (χ3n) is 11.5. The van der Waals surface area contributed by atoms with Gasteiger partial charge in [0, 0.05) is 12.8 Å². The molecule has 6 atom stereocenters. The van der Waals surface area contributed by atoms with Crippen molar-refractivity contribution in [2.24, 2.45) is 0 Å². The zero-order chi connectivity index (χ0) is 45.7. The van der Waals surface area contributed by atoms with Crippen LogP contribution in [0.3, 0.4) is 0 Å². The molecule has 1 fully saturated rings. The fourth-order valence-corrected chi connectivity index (χ4v) is 8.66. The summed E-state index contributed by atoms with van der Waals surface area (Å²) in [5.41, 5.74) is 6.02. The minimum atomic E-state index is -5.13. The zero-order valence-corrected chi connectivity index (χ0v) is 42.7. The van der Waals surface area contributed by atoms with Crippen molar-refractivity contribution in [3.63, 3.8) is 0 Å². The smallest absolute Gasteiger partial charge is 0.756 e. The Labute approximate surface area is 408 Å². The van der Waals surface area contributed by atoms with Crippen LogP contribution in [0.1, 0.15) is 200 Å².